The smallest absolute Gasteiger partial charge is 0.356 e. The molecule has 0 aliphatic heterocycles. The van der Waals surface area contributed by atoms with Crippen LogP contribution in [0.1, 0.15) is 28.9 Å². The first-order valence-electron chi connectivity index (χ1n) is 9.63. The Morgan fingerprint density at radius 1 is 1.27 bits per heavy atom. The maximum absolute atomic E-state index is 13.0. The highest BCUT2D eigenvalue weighted by molar-refractivity contribution is 9.10. The number of benzene rings is 2. The SMILES string of the molecule is Brc1cccc(CCNCC2CC2)c1.Nc1nc(C(=O)O)c(-c2cccc(F)c2)s1. The fourth-order valence-corrected chi connectivity index (χ4v) is 4.13. The summed E-state index contributed by atoms with van der Waals surface area (Å²) in [5, 5.41) is 12.6. The lowest BCUT2D eigenvalue weighted by Gasteiger charge is -2.03. The average molecular weight is 492 g/mol. The number of aromatic nitrogens is 1. The Morgan fingerprint density at radius 3 is 2.70 bits per heavy atom. The van der Waals surface area contributed by atoms with Gasteiger partial charge in [0.1, 0.15) is 5.82 Å². The van der Waals surface area contributed by atoms with E-state index in [1.54, 1.807) is 6.07 Å². The van der Waals surface area contributed by atoms with Crippen molar-refractivity contribution in [1.82, 2.24) is 10.3 Å². The third-order valence-electron chi connectivity index (χ3n) is 4.54. The summed E-state index contributed by atoms with van der Waals surface area (Å²) in [6.07, 6.45) is 4.00. The third kappa shape index (κ3) is 6.90. The number of carboxylic acid groups (broad SMARTS) is 1. The summed E-state index contributed by atoms with van der Waals surface area (Å²) >= 11 is 4.51. The van der Waals surface area contributed by atoms with Gasteiger partial charge in [0.15, 0.2) is 10.8 Å². The van der Waals surface area contributed by atoms with Gasteiger partial charge in [-0.2, -0.15) is 0 Å². The number of nitrogens with two attached hydrogens (primary N) is 1. The summed E-state index contributed by atoms with van der Waals surface area (Å²) in [4.78, 5) is 14.9. The Kier molecular flexibility index (Phi) is 7.95. The Bertz CT molecular complexity index is 1010. The number of nitrogens with zero attached hydrogens (tertiary/aromatic N) is 1. The van der Waals surface area contributed by atoms with E-state index in [0.29, 0.717) is 10.4 Å². The summed E-state index contributed by atoms with van der Waals surface area (Å²) < 4.78 is 14.2. The molecule has 0 spiro atoms. The van der Waals surface area contributed by atoms with Crippen LogP contribution in [0.25, 0.3) is 10.4 Å². The molecule has 0 bridgehead atoms. The molecule has 3 aromatic rings. The number of halogens is 2. The van der Waals surface area contributed by atoms with Gasteiger partial charge in [0, 0.05) is 4.47 Å². The second-order valence-corrected chi connectivity index (χ2v) is 9.02. The molecule has 1 heterocycles. The van der Waals surface area contributed by atoms with Crippen LogP contribution in [0.3, 0.4) is 0 Å². The van der Waals surface area contributed by atoms with E-state index < -0.39 is 11.8 Å². The van der Waals surface area contributed by atoms with Crippen molar-refractivity contribution in [3.63, 3.8) is 0 Å². The fraction of sp³-hybridized carbons (Fsp3) is 0.273. The number of hydrogen-bond donors (Lipinski definition) is 3. The van der Waals surface area contributed by atoms with Gasteiger partial charge in [-0.05, 0) is 73.7 Å². The highest BCUT2D eigenvalue weighted by atomic mass is 79.9. The van der Waals surface area contributed by atoms with Gasteiger partial charge in [0.2, 0.25) is 0 Å². The van der Waals surface area contributed by atoms with Gasteiger partial charge in [-0.3, -0.25) is 0 Å². The summed E-state index contributed by atoms with van der Waals surface area (Å²) in [6.45, 7) is 2.32. The first kappa shape index (κ1) is 22.4. The Labute approximate surface area is 187 Å². The van der Waals surface area contributed by atoms with Crippen LogP contribution in [-0.2, 0) is 6.42 Å². The molecule has 4 N–H and O–H groups in total. The highest BCUT2D eigenvalue weighted by Crippen LogP contribution is 2.32. The molecular formula is C22H23BrFN3O2S. The number of rotatable bonds is 7. The van der Waals surface area contributed by atoms with E-state index in [4.69, 9.17) is 10.8 Å². The minimum Gasteiger partial charge on any atom is -0.476 e. The van der Waals surface area contributed by atoms with E-state index in [9.17, 15) is 9.18 Å². The lowest BCUT2D eigenvalue weighted by molar-refractivity contribution is 0.0692. The monoisotopic (exact) mass is 491 g/mol. The predicted molar refractivity (Wildman–Crippen MR) is 122 cm³/mol. The minimum atomic E-state index is -1.17. The van der Waals surface area contributed by atoms with E-state index >= 15 is 0 Å². The maximum atomic E-state index is 13.0. The molecule has 1 aromatic heterocycles. The van der Waals surface area contributed by atoms with Crippen LogP contribution in [0, 0.1) is 11.7 Å². The molecule has 4 rings (SSSR count). The third-order valence-corrected chi connectivity index (χ3v) is 5.97. The molecule has 5 nitrogen and oxygen atoms in total. The van der Waals surface area contributed by atoms with Gasteiger partial charge < -0.3 is 16.2 Å². The van der Waals surface area contributed by atoms with Gasteiger partial charge in [-0.25, -0.2) is 14.2 Å². The molecular weight excluding hydrogens is 469 g/mol. The molecule has 1 aliphatic carbocycles. The van der Waals surface area contributed by atoms with Crippen LogP contribution in [0.5, 0.6) is 0 Å². The fourth-order valence-electron chi connectivity index (χ4n) is 2.86. The quantitative estimate of drug-likeness (QED) is 0.394. The molecule has 0 saturated heterocycles. The normalized spacial score (nSPS) is 12.9. The number of carbonyl (C=O) groups is 1. The van der Waals surface area contributed by atoms with Gasteiger partial charge in [0.25, 0.3) is 0 Å². The molecule has 1 fully saturated rings. The lowest BCUT2D eigenvalue weighted by Crippen LogP contribution is -2.19. The zero-order valence-electron chi connectivity index (χ0n) is 16.3. The Balaban J connectivity index is 0.000000172. The van der Waals surface area contributed by atoms with Gasteiger partial charge in [-0.15, -0.1) is 0 Å². The Morgan fingerprint density at radius 2 is 2.03 bits per heavy atom. The average Bonchev–Trinajstić information content (AvgIpc) is 3.45. The zero-order chi connectivity index (χ0) is 21.5. The van der Waals surface area contributed by atoms with Crippen molar-refractivity contribution >= 4 is 38.4 Å². The number of carboxylic acids is 1. The molecule has 158 valence electrons. The summed E-state index contributed by atoms with van der Waals surface area (Å²) in [6, 6.07) is 14.2. The standard InChI is InChI=1S/C12H16BrN.C10H7FN2O2S/c13-12-3-1-2-10(8-12)6-7-14-9-11-4-5-11;11-6-3-1-2-5(4-6)8-7(9(14)15)13-10(12)16-8/h1-3,8,11,14H,4-7,9H2;1-4H,(H2,12,13)(H,14,15). The highest BCUT2D eigenvalue weighted by Gasteiger charge is 2.20. The van der Waals surface area contributed by atoms with Gasteiger partial charge >= 0.3 is 5.97 Å². The molecule has 1 saturated carbocycles. The van der Waals surface area contributed by atoms with Crippen LogP contribution in [0.2, 0.25) is 0 Å². The molecule has 2 aromatic carbocycles. The van der Waals surface area contributed by atoms with Crippen molar-refractivity contribution in [2.24, 2.45) is 5.92 Å². The Hall–Kier alpha value is -2.29. The molecule has 0 amide bonds. The second-order valence-electron chi connectivity index (χ2n) is 7.07. The summed E-state index contributed by atoms with van der Waals surface area (Å²) in [7, 11) is 0. The number of anilines is 1. The van der Waals surface area contributed by atoms with E-state index in [1.807, 2.05) is 0 Å². The first-order chi connectivity index (χ1) is 14.4. The minimum absolute atomic E-state index is 0.145. The van der Waals surface area contributed by atoms with E-state index in [-0.39, 0.29) is 10.8 Å². The van der Waals surface area contributed by atoms with Crippen LogP contribution < -0.4 is 11.1 Å². The largest absolute Gasteiger partial charge is 0.476 e. The molecule has 1 aliphatic rings. The van der Waals surface area contributed by atoms with E-state index in [2.05, 4.69) is 50.5 Å². The number of nitrogens with one attached hydrogen (secondary N) is 1. The van der Waals surface area contributed by atoms with Crippen molar-refractivity contribution in [2.45, 2.75) is 19.3 Å². The van der Waals surface area contributed by atoms with Gasteiger partial charge in [0.05, 0.1) is 4.88 Å². The second kappa shape index (κ2) is 10.7. The van der Waals surface area contributed by atoms with E-state index in [0.717, 1.165) is 30.2 Å². The van der Waals surface area contributed by atoms with E-state index in [1.165, 1.54) is 47.6 Å². The van der Waals surface area contributed by atoms with Crippen LogP contribution in [-0.4, -0.2) is 29.1 Å². The number of thiazole rings is 1. The van der Waals surface area contributed by atoms with Crippen LogP contribution in [0.15, 0.2) is 53.0 Å². The first-order valence-corrected chi connectivity index (χ1v) is 11.2. The van der Waals surface area contributed by atoms with Crippen molar-refractivity contribution in [2.75, 3.05) is 18.8 Å². The lowest BCUT2D eigenvalue weighted by atomic mass is 10.1. The van der Waals surface area contributed by atoms with Gasteiger partial charge in [-0.1, -0.05) is 51.5 Å². The van der Waals surface area contributed by atoms with Crippen LogP contribution in [0.4, 0.5) is 9.52 Å². The maximum Gasteiger partial charge on any atom is 0.356 e. The molecule has 8 heteroatoms. The number of hydrogen-bond acceptors (Lipinski definition) is 5. The number of aromatic carboxylic acids is 1. The summed E-state index contributed by atoms with van der Waals surface area (Å²) in [5.74, 6) is -0.620. The van der Waals surface area contributed by atoms with Crippen molar-refractivity contribution in [3.05, 3.63) is 70.1 Å². The molecule has 0 atom stereocenters. The predicted octanol–water partition coefficient (Wildman–Crippen LogP) is 5.22. The molecule has 0 radical (unpaired) electrons. The zero-order valence-corrected chi connectivity index (χ0v) is 18.7. The topological polar surface area (TPSA) is 88.2 Å². The van der Waals surface area contributed by atoms with Crippen LogP contribution >= 0.6 is 27.3 Å². The molecule has 30 heavy (non-hydrogen) atoms. The van der Waals surface area contributed by atoms with Crippen molar-refractivity contribution in [1.29, 1.82) is 0 Å². The molecule has 0 unspecified atom stereocenters. The van der Waals surface area contributed by atoms with Crippen molar-refractivity contribution in [3.8, 4) is 10.4 Å². The number of nitrogen functional groups attached to an aromatic ring is 1. The van der Waals surface area contributed by atoms with Crippen molar-refractivity contribution < 1.29 is 14.3 Å². The summed E-state index contributed by atoms with van der Waals surface area (Å²) in [5.41, 5.74) is 7.17.